The number of benzene rings is 2. The Hall–Kier alpha value is -2.42. The average molecular weight is 462 g/mol. The molecular weight excluding hydrogens is 443 g/mol. The molecule has 0 saturated heterocycles. The van der Waals surface area contributed by atoms with Gasteiger partial charge in [0.1, 0.15) is 5.69 Å². The highest BCUT2D eigenvalue weighted by Crippen LogP contribution is 2.25. The first-order valence-electron chi connectivity index (χ1n) is 8.06. The maximum atomic E-state index is 12.8. The Balaban J connectivity index is 0.00000196. The molecule has 0 radical (unpaired) electrons. The molecule has 6 nitrogen and oxygen atoms in total. The van der Waals surface area contributed by atoms with E-state index in [2.05, 4.69) is 24.3 Å². The minimum Gasteiger partial charge on any atom is -1.00 e. The molecular formula is C19H19IN4O2. The fourth-order valence-corrected chi connectivity index (χ4v) is 3.48. The van der Waals surface area contributed by atoms with Crippen LogP contribution in [-0.2, 0) is 21.1 Å². The normalized spacial score (nSPS) is 11.1. The van der Waals surface area contributed by atoms with E-state index in [4.69, 9.17) is 0 Å². The minimum absolute atomic E-state index is 0. The summed E-state index contributed by atoms with van der Waals surface area (Å²) in [5.41, 5.74) is 2.52. The zero-order valence-corrected chi connectivity index (χ0v) is 17.2. The summed E-state index contributed by atoms with van der Waals surface area (Å²) >= 11 is 0. The zero-order chi connectivity index (χ0) is 17.9. The Bertz CT molecular complexity index is 1280. The fourth-order valence-electron chi connectivity index (χ4n) is 3.48. The lowest BCUT2D eigenvalue weighted by atomic mass is 10.1. The quantitative estimate of drug-likeness (QED) is 0.251. The van der Waals surface area contributed by atoms with Crippen LogP contribution < -0.4 is 39.8 Å². The third kappa shape index (κ3) is 2.49. The van der Waals surface area contributed by atoms with Gasteiger partial charge in [-0.3, -0.25) is 4.79 Å². The summed E-state index contributed by atoms with van der Waals surface area (Å²) in [5.74, 6) is 0. The standard InChI is InChI=1S/C19H19N4O2.HI/c1-12-8-9-13-6-5-7-15(14(13)10-12)23-11-20(2)17-16(23)18(24)22(4)19(25)21(17)3;/h5-11H,1-4H3;1H/q+1;/p-1. The van der Waals surface area contributed by atoms with E-state index >= 15 is 0 Å². The van der Waals surface area contributed by atoms with Gasteiger partial charge in [0.05, 0.1) is 14.1 Å². The SMILES string of the molecule is Cc1ccc2cccc(-n3c[n+](C)c4c3c(=O)n(C)c(=O)n4C)c2c1.[I-]. The second kappa shape index (κ2) is 6.39. The zero-order valence-electron chi connectivity index (χ0n) is 15.0. The van der Waals surface area contributed by atoms with Crippen LogP contribution in [0.3, 0.4) is 0 Å². The van der Waals surface area contributed by atoms with E-state index in [0.29, 0.717) is 11.2 Å². The molecule has 7 heteroatoms. The van der Waals surface area contributed by atoms with Crippen molar-refractivity contribution in [2.24, 2.45) is 21.1 Å². The van der Waals surface area contributed by atoms with Crippen LogP contribution in [0.15, 0.2) is 52.3 Å². The lowest BCUT2D eigenvalue weighted by Gasteiger charge is -2.06. The molecule has 4 rings (SSSR count). The van der Waals surface area contributed by atoms with Crippen LogP contribution in [0.5, 0.6) is 0 Å². The van der Waals surface area contributed by atoms with Crippen LogP contribution in [0.1, 0.15) is 5.56 Å². The van der Waals surface area contributed by atoms with Crippen molar-refractivity contribution in [3.8, 4) is 5.69 Å². The molecule has 134 valence electrons. The lowest BCUT2D eigenvalue weighted by Crippen LogP contribution is -3.00. The van der Waals surface area contributed by atoms with Crippen molar-refractivity contribution < 1.29 is 28.5 Å². The molecule has 0 spiro atoms. The molecule has 0 amide bonds. The summed E-state index contributed by atoms with van der Waals surface area (Å²) in [6.45, 7) is 2.05. The molecule has 2 aromatic heterocycles. The number of halogens is 1. The van der Waals surface area contributed by atoms with Gasteiger partial charge in [-0.1, -0.05) is 29.8 Å². The summed E-state index contributed by atoms with van der Waals surface area (Å²) in [6.07, 6.45) is 1.85. The Morgan fingerprint density at radius 3 is 2.46 bits per heavy atom. The molecule has 0 fully saturated rings. The monoisotopic (exact) mass is 462 g/mol. The molecule has 0 saturated carbocycles. The van der Waals surface area contributed by atoms with Gasteiger partial charge >= 0.3 is 11.2 Å². The molecule has 0 atom stereocenters. The smallest absolute Gasteiger partial charge is 0.388 e. The third-order valence-corrected chi connectivity index (χ3v) is 4.75. The summed E-state index contributed by atoms with van der Waals surface area (Å²) in [4.78, 5) is 25.1. The molecule has 2 heterocycles. The largest absolute Gasteiger partial charge is 1.00 e. The highest BCUT2D eigenvalue weighted by molar-refractivity contribution is 5.92. The van der Waals surface area contributed by atoms with Crippen molar-refractivity contribution in [3.05, 3.63) is 69.1 Å². The predicted molar refractivity (Wildman–Crippen MR) is 97.2 cm³/mol. The van der Waals surface area contributed by atoms with Crippen LogP contribution in [0, 0.1) is 6.92 Å². The van der Waals surface area contributed by atoms with Crippen molar-refractivity contribution in [2.75, 3.05) is 0 Å². The van der Waals surface area contributed by atoms with Crippen LogP contribution in [-0.4, -0.2) is 13.7 Å². The third-order valence-electron chi connectivity index (χ3n) is 4.75. The molecule has 4 aromatic rings. The summed E-state index contributed by atoms with van der Waals surface area (Å²) in [6, 6.07) is 12.3. The topological polar surface area (TPSA) is 52.8 Å². The summed E-state index contributed by atoms with van der Waals surface area (Å²) in [5, 5.41) is 2.17. The number of imidazole rings is 1. The molecule has 0 aliphatic heterocycles. The van der Waals surface area contributed by atoms with Gasteiger partial charge in [-0.2, -0.15) is 0 Å². The van der Waals surface area contributed by atoms with Crippen LogP contribution >= 0.6 is 0 Å². The van der Waals surface area contributed by atoms with Gasteiger partial charge in [-0.05, 0) is 24.4 Å². The van der Waals surface area contributed by atoms with Gasteiger partial charge in [0.2, 0.25) is 5.52 Å². The second-order valence-corrected chi connectivity index (χ2v) is 6.48. The maximum absolute atomic E-state index is 12.8. The molecule has 0 bridgehead atoms. The van der Waals surface area contributed by atoms with Gasteiger partial charge in [-0.25, -0.2) is 23.1 Å². The summed E-state index contributed by atoms with van der Waals surface area (Å²) in [7, 11) is 5.03. The van der Waals surface area contributed by atoms with Gasteiger partial charge in [0, 0.05) is 12.4 Å². The highest BCUT2D eigenvalue weighted by Gasteiger charge is 2.24. The van der Waals surface area contributed by atoms with Crippen LogP contribution in [0.4, 0.5) is 0 Å². The van der Waals surface area contributed by atoms with E-state index in [0.717, 1.165) is 26.6 Å². The maximum Gasteiger partial charge on any atom is 0.388 e. The number of aromatic nitrogens is 4. The second-order valence-electron chi connectivity index (χ2n) is 6.48. The first-order chi connectivity index (χ1) is 11.9. The van der Waals surface area contributed by atoms with Gasteiger partial charge in [0.15, 0.2) is 6.33 Å². The molecule has 2 aromatic carbocycles. The highest BCUT2D eigenvalue weighted by atomic mass is 127. The molecule has 26 heavy (non-hydrogen) atoms. The Kier molecular flexibility index (Phi) is 4.51. The van der Waals surface area contributed by atoms with Crippen molar-refractivity contribution >= 4 is 21.9 Å². The number of hydrogen-bond acceptors (Lipinski definition) is 2. The van der Waals surface area contributed by atoms with Crippen molar-refractivity contribution in [2.45, 2.75) is 6.92 Å². The van der Waals surface area contributed by atoms with E-state index in [1.165, 1.54) is 11.6 Å². The predicted octanol–water partition coefficient (Wildman–Crippen LogP) is -1.68. The van der Waals surface area contributed by atoms with E-state index < -0.39 is 0 Å². The van der Waals surface area contributed by atoms with E-state index in [-0.39, 0.29) is 35.2 Å². The van der Waals surface area contributed by atoms with Crippen molar-refractivity contribution in [3.63, 3.8) is 0 Å². The molecule has 0 aliphatic carbocycles. The van der Waals surface area contributed by atoms with Gasteiger partial charge in [-0.15, -0.1) is 0 Å². The number of aryl methyl sites for hydroxylation is 3. The Labute approximate surface area is 166 Å². The first-order valence-corrected chi connectivity index (χ1v) is 8.06. The molecule has 0 aliphatic rings. The minimum atomic E-state index is -0.334. The van der Waals surface area contributed by atoms with E-state index in [1.807, 2.05) is 41.6 Å². The summed E-state index contributed by atoms with van der Waals surface area (Å²) < 4.78 is 6.34. The van der Waals surface area contributed by atoms with Gasteiger partial charge in [0.25, 0.3) is 5.65 Å². The van der Waals surface area contributed by atoms with E-state index in [9.17, 15) is 9.59 Å². The number of rotatable bonds is 1. The van der Waals surface area contributed by atoms with E-state index in [1.54, 1.807) is 7.05 Å². The molecule has 0 unspecified atom stereocenters. The number of fused-ring (bicyclic) bond motifs is 2. The Morgan fingerprint density at radius 1 is 1.00 bits per heavy atom. The lowest BCUT2D eigenvalue weighted by molar-refractivity contribution is -0.648. The Morgan fingerprint density at radius 2 is 1.73 bits per heavy atom. The number of nitrogens with zero attached hydrogens (tertiary/aromatic N) is 4. The van der Waals surface area contributed by atoms with Crippen LogP contribution in [0.25, 0.3) is 27.6 Å². The first kappa shape index (κ1) is 18.4. The van der Waals surface area contributed by atoms with Crippen molar-refractivity contribution in [1.29, 1.82) is 0 Å². The average Bonchev–Trinajstić information content (AvgIpc) is 2.94. The van der Waals surface area contributed by atoms with Crippen LogP contribution in [0.2, 0.25) is 0 Å². The number of hydrogen-bond donors (Lipinski definition) is 0. The van der Waals surface area contributed by atoms with Gasteiger partial charge < -0.3 is 24.0 Å². The van der Waals surface area contributed by atoms with Crippen molar-refractivity contribution in [1.82, 2.24) is 13.7 Å². The fraction of sp³-hybridized carbons (Fsp3) is 0.211. The molecule has 0 N–H and O–H groups in total.